The van der Waals surface area contributed by atoms with Crippen LogP contribution >= 0.6 is 15.9 Å². The van der Waals surface area contributed by atoms with Crippen molar-refractivity contribution in [3.05, 3.63) is 45.4 Å². The van der Waals surface area contributed by atoms with Crippen LogP contribution in [0.25, 0.3) is 0 Å². The van der Waals surface area contributed by atoms with Gasteiger partial charge in [0.2, 0.25) is 0 Å². The molecule has 2 aromatic rings. The molecule has 0 N–H and O–H groups in total. The maximum absolute atomic E-state index is 13.4. The first-order valence-corrected chi connectivity index (χ1v) is 6.80. The molecule has 0 saturated carbocycles. The molecule has 0 spiro atoms. The Labute approximate surface area is 123 Å². The molecule has 0 atom stereocenters. The summed E-state index contributed by atoms with van der Waals surface area (Å²) in [6.07, 6.45) is 0.577. The molecule has 5 nitrogen and oxygen atoms in total. The lowest BCUT2D eigenvalue weighted by atomic mass is 10.2. The summed E-state index contributed by atoms with van der Waals surface area (Å²) < 4.78 is 20.2. The van der Waals surface area contributed by atoms with E-state index in [0.717, 1.165) is 5.56 Å². The topological polar surface area (TPSA) is 57.0 Å². The first kappa shape index (κ1) is 14.6. The van der Waals surface area contributed by atoms with Crippen molar-refractivity contribution in [2.75, 3.05) is 7.11 Å². The van der Waals surface area contributed by atoms with Gasteiger partial charge in [-0.3, -0.25) is 0 Å². The molecular formula is C13H13BrFN3O2. The fourth-order valence-corrected chi connectivity index (χ4v) is 2.45. The van der Waals surface area contributed by atoms with Crippen LogP contribution in [0.3, 0.4) is 0 Å². The molecule has 0 saturated heterocycles. The summed E-state index contributed by atoms with van der Waals surface area (Å²) >= 11 is 3.24. The van der Waals surface area contributed by atoms with Gasteiger partial charge in [-0.05, 0) is 30.2 Å². The molecular weight excluding hydrogens is 329 g/mol. The minimum Gasteiger partial charge on any atom is -0.464 e. The minimum atomic E-state index is -0.520. The summed E-state index contributed by atoms with van der Waals surface area (Å²) in [5, 5.41) is 7.77. The summed E-state index contributed by atoms with van der Waals surface area (Å²) in [5.41, 5.74) is 1.59. The number of rotatable bonds is 4. The van der Waals surface area contributed by atoms with E-state index in [1.807, 2.05) is 6.92 Å². The normalized spacial score (nSPS) is 10.6. The number of carbonyl (C=O) groups excluding carboxylic acids is 1. The molecule has 0 bridgehead atoms. The molecule has 20 heavy (non-hydrogen) atoms. The Kier molecular flexibility index (Phi) is 4.49. The van der Waals surface area contributed by atoms with Crippen LogP contribution in [-0.2, 0) is 17.7 Å². The number of hydrogen-bond donors (Lipinski definition) is 0. The number of nitrogens with zero attached hydrogens (tertiary/aromatic N) is 3. The Morgan fingerprint density at radius 2 is 2.20 bits per heavy atom. The monoisotopic (exact) mass is 341 g/mol. The number of benzene rings is 1. The number of halogens is 2. The number of hydrogen-bond acceptors (Lipinski definition) is 4. The summed E-state index contributed by atoms with van der Waals surface area (Å²) in [7, 11) is 1.30. The van der Waals surface area contributed by atoms with Crippen LogP contribution in [0.5, 0.6) is 0 Å². The fraction of sp³-hybridized carbons (Fsp3) is 0.308. The molecule has 1 aromatic heterocycles. The number of methoxy groups -OCH3 is 1. The predicted octanol–water partition coefficient (Wildman–Crippen LogP) is 2.58. The van der Waals surface area contributed by atoms with Crippen LogP contribution in [0.15, 0.2) is 22.7 Å². The summed E-state index contributed by atoms with van der Waals surface area (Å²) in [6.45, 7) is 2.23. The van der Waals surface area contributed by atoms with Gasteiger partial charge < -0.3 is 4.74 Å². The molecule has 0 fully saturated rings. The minimum absolute atomic E-state index is 0.200. The van der Waals surface area contributed by atoms with Crippen molar-refractivity contribution < 1.29 is 13.9 Å². The largest absolute Gasteiger partial charge is 0.464 e. The number of ether oxygens (including phenoxy) is 1. The van der Waals surface area contributed by atoms with E-state index in [1.165, 1.54) is 19.2 Å². The number of carbonyl (C=O) groups is 1. The van der Waals surface area contributed by atoms with Crippen molar-refractivity contribution in [2.24, 2.45) is 0 Å². The molecule has 0 aliphatic rings. The molecule has 0 unspecified atom stereocenters. The van der Waals surface area contributed by atoms with Crippen molar-refractivity contribution in [1.29, 1.82) is 0 Å². The number of aromatic nitrogens is 3. The fourth-order valence-electron chi connectivity index (χ4n) is 1.94. The lowest BCUT2D eigenvalue weighted by Crippen LogP contribution is -2.10. The van der Waals surface area contributed by atoms with Gasteiger partial charge in [0.1, 0.15) is 5.82 Å². The second-order valence-electron chi connectivity index (χ2n) is 4.17. The third-order valence-electron chi connectivity index (χ3n) is 2.81. The van der Waals surface area contributed by atoms with Gasteiger partial charge in [0.05, 0.1) is 19.3 Å². The average Bonchev–Trinajstić information content (AvgIpc) is 2.79. The Balaban J connectivity index is 2.34. The van der Waals surface area contributed by atoms with Crippen molar-refractivity contribution in [3.8, 4) is 0 Å². The second-order valence-corrected chi connectivity index (χ2v) is 5.08. The number of esters is 1. The third kappa shape index (κ3) is 3.04. The third-order valence-corrected chi connectivity index (χ3v) is 3.26. The van der Waals surface area contributed by atoms with Gasteiger partial charge in [0.15, 0.2) is 5.69 Å². The van der Waals surface area contributed by atoms with E-state index >= 15 is 0 Å². The molecule has 7 heteroatoms. The summed E-state index contributed by atoms with van der Waals surface area (Å²) in [4.78, 5) is 11.6. The Hall–Kier alpha value is -1.76. The Morgan fingerprint density at radius 3 is 2.80 bits per heavy atom. The van der Waals surface area contributed by atoms with Gasteiger partial charge in [-0.2, -0.15) is 0 Å². The first-order chi connectivity index (χ1) is 9.55. The summed E-state index contributed by atoms with van der Waals surface area (Å²) in [5.74, 6) is -0.853. The van der Waals surface area contributed by atoms with Crippen molar-refractivity contribution in [2.45, 2.75) is 19.9 Å². The van der Waals surface area contributed by atoms with E-state index in [-0.39, 0.29) is 11.5 Å². The molecule has 0 amide bonds. The van der Waals surface area contributed by atoms with Gasteiger partial charge in [0.25, 0.3) is 0 Å². The van der Waals surface area contributed by atoms with Crippen LogP contribution in [0, 0.1) is 5.82 Å². The van der Waals surface area contributed by atoms with Gasteiger partial charge in [-0.1, -0.05) is 28.1 Å². The van der Waals surface area contributed by atoms with Crippen molar-refractivity contribution in [1.82, 2.24) is 15.0 Å². The van der Waals surface area contributed by atoms with Crippen LogP contribution in [0.1, 0.15) is 28.7 Å². The lowest BCUT2D eigenvalue weighted by Gasteiger charge is -2.06. The zero-order valence-electron chi connectivity index (χ0n) is 11.1. The van der Waals surface area contributed by atoms with Crippen molar-refractivity contribution >= 4 is 21.9 Å². The second kappa shape index (κ2) is 6.13. The maximum atomic E-state index is 13.4. The molecule has 0 radical (unpaired) electrons. The van der Waals surface area contributed by atoms with Gasteiger partial charge in [0, 0.05) is 4.47 Å². The predicted molar refractivity (Wildman–Crippen MR) is 73.9 cm³/mol. The standard InChI is InChI=1S/C13H13BrFN3O2/c1-3-11-12(13(19)20-2)16-17-18(11)7-8-4-9(14)6-10(15)5-8/h4-6H,3,7H2,1-2H3. The lowest BCUT2D eigenvalue weighted by molar-refractivity contribution is 0.0592. The first-order valence-electron chi connectivity index (χ1n) is 6.00. The van der Waals surface area contributed by atoms with E-state index in [4.69, 9.17) is 0 Å². The van der Waals surface area contributed by atoms with E-state index in [2.05, 4.69) is 31.0 Å². The highest BCUT2D eigenvalue weighted by Gasteiger charge is 2.19. The highest BCUT2D eigenvalue weighted by molar-refractivity contribution is 9.10. The molecule has 1 aromatic carbocycles. The van der Waals surface area contributed by atoms with Crippen LogP contribution < -0.4 is 0 Å². The van der Waals surface area contributed by atoms with E-state index in [1.54, 1.807) is 10.7 Å². The van der Waals surface area contributed by atoms with Gasteiger partial charge in [-0.25, -0.2) is 13.9 Å². The molecule has 2 rings (SSSR count). The van der Waals surface area contributed by atoms with Crippen LogP contribution in [0.4, 0.5) is 4.39 Å². The zero-order valence-corrected chi connectivity index (χ0v) is 12.6. The summed E-state index contributed by atoms with van der Waals surface area (Å²) in [6, 6.07) is 4.59. The average molecular weight is 342 g/mol. The van der Waals surface area contributed by atoms with Gasteiger partial charge >= 0.3 is 5.97 Å². The van der Waals surface area contributed by atoms with Crippen LogP contribution in [0.2, 0.25) is 0 Å². The van der Waals surface area contributed by atoms with E-state index < -0.39 is 5.97 Å². The Bertz CT molecular complexity index is 622. The highest BCUT2D eigenvalue weighted by Crippen LogP contribution is 2.17. The molecule has 106 valence electrons. The van der Waals surface area contributed by atoms with Crippen LogP contribution in [-0.4, -0.2) is 28.1 Å². The molecule has 1 heterocycles. The Morgan fingerprint density at radius 1 is 1.45 bits per heavy atom. The molecule has 0 aliphatic carbocycles. The smallest absolute Gasteiger partial charge is 0.360 e. The SMILES string of the molecule is CCc1c(C(=O)OC)nnn1Cc1cc(F)cc(Br)c1. The highest BCUT2D eigenvalue weighted by atomic mass is 79.9. The quantitative estimate of drug-likeness (QED) is 0.802. The van der Waals surface area contributed by atoms with Gasteiger partial charge in [-0.15, -0.1) is 5.10 Å². The van der Waals surface area contributed by atoms with E-state index in [0.29, 0.717) is 23.1 Å². The molecule has 0 aliphatic heterocycles. The maximum Gasteiger partial charge on any atom is 0.360 e. The van der Waals surface area contributed by atoms with E-state index in [9.17, 15) is 9.18 Å². The zero-order chi connectivity index (χ0) is 14.7. The van der Waals surface area contributed by atoms with Crippen molar-refractivity contribution in [3.63, 3.8) is 0 Å².